The number of aryl methyl sites for hydroxylation is 1. The Morgan fingerprint density at radius 3 is 2.20 bits per heavy atom. The molecule has 0 saturated carbocycles. The smallest absolute Gasteiger partial charge is 0.240 e. The fourth-order valence-corrected chi connectivity index (χ4v) is 3.75. The van der Waals surface area contributed by atoms with Crippen molar-refractivity contribution < 1.29 is 27.4 Å². The molecule has 0 saturated heterocycles. The molecule has 2 aromatic rings. The lowest BCUT2D eigenvalue weighted by atomic mass is 10.1. The van der Waals surface area contributed by atoms with Gasteiger partial charge in [-0.05, 0) is 54.8 Å². The van der Waals surface area contributed by atoms with Gasteiger partial charge in [0.1, 0.15) is 12.3 Å². The van der Waals surface area contributed by atoms with Crippen LogP contribution in [0.3, 0.4) is 0 Å². The number of sulfonamides is 1. The Morgan fingerprint density at radius 2 is 1.63 bits per heavy atom. The van der Waals surface area contributed by atoms with Crippen molar-refractivity contribution in [3.05, 3.63) is 48.0 Å². The Kier molecular flexibility index (Phi) is 8.35. The van der Waals surface area contributed by atoms with Gasteiger partial charge in [-0.15, -0.1) is 0 Å². The van der Waals surface area contributed by atoms with Crippen molar-refractivity contribution in [2.24, 2.45) is 0 Å². The third-order valence-electron chi connectivity index (χ3n) is 4.46. The van der Waals surface area contributed by atoms with Gasteiger partial charge in [-0.3, -0.25) is 9.10 Å². The summed E-state index contributed by atoms with van der Waals surface area (Å²) in [4.78, 5) is 12.3. The van der Waals surface area contributed by atoms with E-state index in [-0.39, 0.29) is 12.5 Å². The number of amides is 1. The summed E-state index contributed by atoms with van der Waals surface area (Å²) in [5.41, 5.74) is 1.46. The van der Waals surface area contributed by atoms with E-state index in [0.29, 0.717) is 35.9 Å². The second kappa shape index (κ2) is 10.7. The molecule has 0 aliphatic rings. The van der Waals surface area contributed by atoms with Crippen LogP contribution >= 0.6 is 0 Å². The maximum atomic E-state index is 12.3. The van der Waals surface area contributed by atoms with E-state index in [4.69, 9.17) is 14.2 Å². The summed E-state index contributed by atoms with van der Waals surface area (Å²) in [7, 11) is 1.08. The maximum Gasteiger partial charge on any atom is 0.240 e. The van der Waals surface area contributed by atoms with Gasteiger partial charge in [0.2, 0.25) is 15.9 Å². The van der Waals surface area contributed by atoms with E-state index >= 15 is 0 Å². The van der Waals surface area contributed by atoms with Crippen molar-refractivity contribution in [1.82, 2.24) is 5.32 Å². The monoisotopic (exact) mass is 436 g/mol. The highest BCUT2D eigenvalue weighted by atomic mass is 32.2. The lowest BCUT2D eigenvalue weighted by Gasteiger charge is -2.22. The van der Waals surface area contributed by atoms with Gasteiger partial charge in [-0.25, -0.2) is 8.42 Å². The van der Waals surface area contributed by atoms with Gasteiger partial charge in [0, 0.05) is 6.54 Å². The predicted molar refractivity (Wildman–Crippen MR) is 116 cm³/mol. The maximum absolute atomic E-state index is 12.3. The number of carbonyl (C=O) groups excluding carboxylic acids is 1. The van der Waals surface area contributed by atoms with Crippen molar-refractivity contribution in [2.45, 2.75) is 12.8 Å². The Bertz CT molecular complexity index is 944. The number of hydrogen-bond donors (Lipinski definition) is 1. The minimum Gasteiger partial charge on any atom is -0.497 e. The van der Waals surface area contributed by atoms with Crippen LogP contribution in [0.2, 0.25) is 0 Å². The third-order valence-corrected chi connectivity index (χ3v) is 5.60. The normalized spacial score (nSPS) is 10.9. The molecule has 0 aromatic heterocycles. The predicted octanol–water partition coefficient (Wildman–Crippen LogP) is 2.23. The van der Waals surface area contributed by atoms with Crippen molar-refractivity contribution in [1.29, 1.82) is 0 Å². The van der Waals surface area contributed by atoms with Crippen LogP contribution in [0.1, 0.15) is 12.0 Å². The van der Waals surface area contributed by atoms with Crippen LogP contribution in [0, 0.1) is 0 Å². The molecular weight excluding hydrogens is 408 g/mol. The lowest BCUT2D eigenvalue weighted by molar-refractivity contribution is -0.119. The fourth-order valence-electron chi connectivity index (χ4n) is 2.89. The second-order valence-electron chi connectivity index (χ2n) is 6.61. The Hall–Kier alpha value is -2.94. The highest BCUT2D eigenvalue weighted by Crippen LogP contribution is 2.28. The lowest BCUT2D eigenvalue weighted by Crippen LogP contribution is -2.40. The molecule has 8 nitrogen and oxygen atoms in total. The largest absolute Gasteiger partial charge is 0.497 e. The van der Waals surface area contributed by atoms with Gasteiger partial charge in [0.15, 0.2) is 11.5 Å². The van der Waals surface area contributed by atoms with Gasteiger partial charge >= 0.3 is 0 Å². The molecule has 0 heterocycles. The van der Waals surface area contributed by atoms with Gasteiger partial charge < -0.3 is 19.5 Å². The van der Waals surface area contributed by atoms with Crippen molar-refractivity contribution in [3.8, 4) is 17.2 Å². The first-order valence-electron chi connectivity index (χ1n) is 9.38. The van der Waals surface area contributed by atoms with Crippen LogP contribution in [0.25, 0.3) is 0 Å². The minimum atomic E-state index is -3.61. The molecule has 164 valence electrons. The average Bonchev–Trinajstić information content (AvgIpc) is 2.74. The standard InChI is InChI=1S/C21H28N2O6S/c1-27-18-10-8-17(9-11-18)23(30(4,25)26)15-21(24)22-13-5-6-16-7-12-19(28-2)20(14-16)29-3/h7-12,14H,5-6,13,15H2,1-4H3,(H,22,24). The van der Waals surface area contributed by atoms with Crippen LogP contribution in [0.4, 0.5) is 5.69 Å². The van der Waals surface area contributed by atoms with E-state index in [1.807, 2.05) is 18.2 Å². The van der Waals surface area contributed by atoms with E-state index in [9.17, 15) is 13.2 Å². The highest BCUT2D eigenvalue weighted by Gasteiger charge is 2.20. The Labute approximate surface area is 177 Å². The second-order valence-corrected chi connectivity index (χ2v) is 8.52. The van der Waals surface area contributed by atoms with E-state index in [2.05, 4.69) is 5.32 Å². The number of anilines is 1. The summed E-state index contributed by atoms with van der Waals surface area (Å²) in [6.07, 6.45) is 2.50. The SMILES string of the molecule is COc1ccc(N(CC(=O)NCCCc2ccc(OC)c(OC)c2)S(C)(=O)=O)cc1. The number of nitrogens with one attached hydrogen (secondary N) is 1. The molecule has 0 radical (unpaired) electrons. The fraction of sp³-hybridized carbons (Fsp3) is 0.381. The first kappa shape index (κ1) is 23.3. The number of methoxy groups -OCH3 is 3. The van der Waals surface area contributed by atoms with Crippen molar-refractivity contribution >= 4 is 21.6 Å². The minimum absolute atomic E-state index is 0.290. The Morgan fingerprint density at radius 1 is 0.967 bits per heavy atom. The van der Waals surface area contributed by atoms with E-state index < -0.39 is 10.0 Å². The Balaban J connectivity index is 1.90. The number of ether oxygens (including phenoxy) is 3. The molecule has 0 aliphatic heterocycles. The number of nitrogens with zero attached hydrogens (tertiary/aromatic N) is 1. The summed E-state index contributed by atoms with van der Waals surface area (Å²) in [6, 6.07) is 12.2. The third kappa shape index (κ3) is 6.55. The van der Waals surface area contributed by atoms with Crippen molar-refractivity contribution in [2.75, 3.05) is 45.0 Å². The first-order valence-corrected chi connectivity index (χ1v) is 11.2. The number of benzene rings is 2. The molecule has 2 rings (SSSR count). The van der Waals surface area contributed by atoms with Gasteiger partial charge in [0.05, 0.1) is 33.3 Å². The highest BCUT2D eigenvalue weighted by molar-refractivity contribution is 7.92. The molecular formula is C21H28N2O6S. The van der Waals surface area contributed by atoms with E-state index in [1.165, 1.54) is 7.11 Å². The summed E-state index contributed by atoms with van der Waals surface area (Å²) < 4.78 is 40.9. The summed E-state index contributed by atoms with van der Waals surface area (Å²) in [5.74, 6) is 1.55. The molecule has 1 amide bonds. The topological polar surface area (TPSA) is 94.2 Å². The van der Waals surface area contributed by atoms with Crippen LogP contribution < -0.4 is 23.8 Å². The molecule has 30 heavy (non-hydrogen) atoms. The number of rotatable bonds is 11. The first-order chi connectivity index (χ1) is 14.3. The van der Waals surface area contributed by atoms with Gasteiger partial charge in [-0.1, -0.05) is 6.07 Å². The summed E-state index contributed by atoms with van der Waals surface area (Å²) in [6.45, 7) is 0.134. The van der Waals surface area contributed by atoms with Gasteiger partial charge in [0.25, 0.3) is 0 Å². The zero-order valence-electron chi connectivity index (χ0n) is 17.7. The zero-order valence-corrected chi connectivity index (χ0v) is 18.5. The molecule has 0 fully saturated rings. The summed E-state index contributed by atoms with van der Waals surface area (Å²) >= 11 is 0. The quantitative estimate of drug-likeness (QED) is 0.543. The zero-order chi connectivity index (χ0) is 22.1. The number of hydrogen-bond acceptors (Lipinski definition) is 6. The molecule has 0 unspecified atom stereocenters. The molecule has 2 aromatic carbocycles. The molecule has 0 aliphatic carbocycles. The van der Waals surface area contributed by atoms with E-state index in [0.717, 1.165) is 22.5 Å². The molecule has 1 N–H and O–H groups in total. The molecule has 9 heteroatoms. The number of carbonyl (C=O) groups is 1. The van der Waals surface area contributed by atoms with Crippen molar-refractivity contribution in [3.63, 3.8) is 0 Å². The average molecular weight is 437 g/mol. The van der Waals surface area contributed by atoms with Gasteiger partial charge in [-0.2, -0.15) is 0 Å². The summed E-state index contributed by atoms with van der Waals surface area (Å²) in [5, 5.41) is 2.77. The van der Waals surface area contributed by atoms with Crippen LogP contribution in [-0.2, 0) is 21.2 Å². The van der Waals surface area contributed by atoms with E-state index in [1.54, 1.807) is 38.5 Å². The van der Waals surface area contributed by atoms with Crippen LogP contribution in [-0.4, -0.2) is 55.0 Å². The van der Waals surface area contributed by atoms with Crippen LogP contribution in [0.5, 0.6) is 17.2 Å². The van der Waals surface area contributed by atoms with Crippen LogP contribution in [0.15, 0.2) is 42.5 Å². The molecule has 0 atom stereocenters. The molecule has 0 bridgehead atoms. The molecule has 0 spiro atoms.